The quantitative estimate of drug-likeness (QED) is 0.154. The Morgan fingerprint density at radius 2 is 0.824 bits per heavy atom. The van der Waals surface area contributed by atoms with Gasteiger partial charge in [0.25, 0.3) is 0 Å². The molecule has 8 rings (SSSR count). The predicted octanol–water partition coefficient (Wildman–Crippen LogP) is 16.4. The summed E-state index contributed by atoms with van der Waals surface area (Å²) in [4.78, 5) is 12.0. The van der Waals surface area contributed by atoms with Crippen molar-refractivity contribution in [1.29, 1.82) is 0 Å². The molecule has 0 bridgehead atoms. The number of halogens is 3. The molecule has 1 aliphatic carbocycles. The fourth-order valence-electron chi connectivity index (χ4n) is 6.24. The average molecular weight is 946 g/mol. The van der Waals surface area contributed by atoms with E-state index in [1.165, 1.54) is 80.3 Å². The maximum atomic E-state index is 12.6. The van der Waals surface area contributed by atoms with Crippen molar-refractivity contribution >= 4 is 0 Å². The Morgan fingerprint density at radius 3 is 1.18 bits per heavy atom. The van der Waals surface area contributed by atoms with Crippen LogP contribution < -0.4 is 0 Å². The normalized spacial score (nSPS) is 20.0. The smallest absolute Gasteiger partial charge is 0.154 e. The zero-order valence-electron chi connectivity index (χ0n) is 44.1. The van der Waals surface area contributed by atoms with Gasteiger partial charge in [0.15, 0.2) is 6.29 Å². The molecule has 2 saturated heterocycles. The number of ether oxygens (including phenoxy) is 3. The van der Waals surface area contributed by atoms with Crippen LogP contribution in [-0.2, 0) is 14.2 Å². The fourth-order valence-corrected chi connectivity index (χ4v) is 6.24. The first kappa shape index (κ1) is 63.6. The number of rotatable bonds is 0. The number of hydrogen-bond donors (Lipinski definition) is 0. The molecule has 0 amide bonds. The van der Waals surface area contributed by atoms with Gasteiger partial charge in [0.2, 0.25) is 0 Å². The van der Waals surface area contributed by atoms with E-state index in [9.17, 15) is 13.2 Å². The van der Waals surface area contributed by atoms with Crippen LogP contribution in [0.4, 0.5) is 13.2 Å². The molecule has 68 heavy (non-hydrogen) atoms. The summed E-state index contributed by atoms with van der Waals surface area (Å²) in [6, 6.07) is 20.4. The van der Waals surface area contributed by atoms with Crippen LogP contribution in [0.25, 0.3) is 0 Å². The molecule has 2 atom stereocenters. The third-order valence-corrected chi connectivity index (χ3v) is 11.2. The van der Waals surface area contributed by atoms with Crippen LogP contribution in [0.3, 0.4) is 0 Å². The Morgan fingerprint density at radius 1 is 0.412 bits per heavy atom. The first-order valence-electron chi connectivity index (χ1n) is 24.2. The van der Waals surface area contributed by atoms with Gasteiger partial charge in [0, 0.05) is 42.4 Å². The van der Waals surface area contributed by atoms with Gasteiger partial charge in [-0.05, 0) is 166 Å². The van der Waals surface area contributed by atoms with Gasteiger partial charge in [-0.25, -0.2) is 23.1 Å². The molecule has 3 aliphatic rings. The minimum atomic E-state index is -0.475. The Hall–Kier alpha value is -4.44. The highest BCUT2D eigenvalue weighted by Gasteiger charge is 2.15. The summed E-state index contributed by atoms with van der Waals surface area (Å²) < 4.78 is 53.5. The minimum absolute atomic E-state index is 0. The van der Waals surface area contributed by atoms with Crippen molar-refractivity contribution in [3.63, 3.8) is 0 Å². The molecule has 3 fully saturated rings. The first-order valence-corrected chi connectivity index (χ1v) is 24.2. The third-order valence-electron chi connectivity index (χ3n) is 11.2. The molecule has 0 spiro atoms. The van der Waals surface area contributed by atoms with E-state index < -0.39 is 11.6 Å². The summed E-state index contributed by atoms with van der Waals surface area (Å²) in [5, 5.41) is 0. The Labute approximate surface area is 412 Å². The van der Waals surface area contributed by atoms with Gasteiger partial charge in [-0.2, -0.15) is 0 Å². The highest BCUT2D eigenvalue weighted by atomic mass is 19.1. The lowest BCUT2D eigenvalue weighted by molar-refractivity contribution is -0.187. The molecule has 2 aliphatic heterocycles. The molecular weight excluding hydrogens is 856 g/mol. The van der Waals surface area contributed by atoms with Crippen LogP contribution in [-0.4, -0.2) is 47.2 Å². The van der Waals surface area contributed by atoms with E-state index in [1.54, 1.807) is 19.9 Å². The molecule has 0 radical (unpaired) electrons. The van der Waals surface area contributed by atoms with E-state index in [0.29, 0.717) is 23.1 Å². The van der Waals surface area contributed by atoms with Crippen molar-refractivity contribution in [3.05, 3.63) is 159 Å². The topological polar surface area (TPSA) is 66.4 Å². The molecule has 3 aromatic carbocycles. The fraction of sp³-hybridized carbons (Fsp3) is 0.542. The van der Waals surface area contributed by atoms with E-state index in [2.05, 4.69) is 93.7 Å². The molecule has 5 aromatic rings. The lowest BCUT2D eigenvalue weighted by Crippen LogP contribution is -2.27. The zero-order chi connectivity index (χ0) is 50.5. The van der Waals surface area contributed by atoms with E-state index in [4.69, 9.17) is 14.2 Å². The number of hydrogen-bond acceptors (Lipinski definition) is 6. The van der Waals surface area contributed by atoms with Crippen molar-refractivity contribution in [2.75, 3.05) is 19.8 Å². The second-order valence-corrected chi connectivity index (χ2v) is 19.1. The van der Waals surface area contributed by atoms with Crippen LogP contribution in [0.1, 0.15) is 144 Å². The summed E-state index contributed by atoms with van der Waals surface area (Å²) in [6.07, 6.45) is 14.5. The molecule has 380 valence electrons. The second kappa shape index (κ2) is 35.6. The number of aromatic nitrogens is 3. The van der Waals surface area contributed by atoms with Gasteiger partial charge in [0.1, 0.15) is 23.3 Å². The largest absolute Gasteiger partial charge is 0.378 e. The van der Waals surface area contributed by atoms with Gasteiger partial charge in [0.05, 0.1) is 19.3 Å². The molecule has 2 unspecified atom stereocenters. The molecule has 2 aromatic heterocycles. The molecule has 0 N–H and O–H groups in total. The summed E-state index contributed by atoms with van der Waals surface area (Å²) in [5.41, 5.74) is 8.44. The number of aryl methyl sites for hydroxylation is 9. The molecule has 4 heterocycles. The molecule has 6 nitrogen and oxygen atoms in total. The summed E-state index contributed by atoms with van der Waals surface area (Å²) >= 11 is 0. The van der Waals surface area contributed by atoms with Crippen molar-refractivity contribution in [2.45, 2.75) is 169 Å². The highest BCUT2D eigenvalue weighted by molar-refractivity contribution is 5.24. The van der Waals surface area contributed by atoms with Crippen LogP contribution in [0.2, 0.25) is 0 Å². The summed E-state index contributed by atoms with van der Waals surface area (Å²) in [6.45, 7) is 34.6. The zero-order valence-corrected chi connectivity index (χ0v) is 44.1. The molecular formula is C59H90F3N3O3. The maximum absolute atomic E-state index is 12.6. The third kappa shape index (κ3) is 31.6. The van der Waals surface area contributed by atoms with Crippen LogP contribution in [0, 0.1) is 110 Å². The van der Waals surface area contributed by atoms with Crippen molar-refractivity contribution in [2.24, 2.45) is 23.7 Å². The Kier molecular flexibility index (Phi) is 33.3. The average Bonchev–Trinajstić information content (AvgIpc) is 3.29. The molecule has 1 saturated carbocycles. The predicted molar refractivity (Wildman–Crippen MR) is 281 cm³/mol. The minimum Gasteiger partial charge on any atom is -0.378 e. The van der Waals surface area contributed by atoms with Gasteiger partial charge < -0.3 is 14.2 Å². The number of pyridine rings is 1. The number of benzene rings is 3. The monoisotopic (exact) mass is 946 g/mol. The van der Waals surface area contributed by atoms with E-state index >= 15 is 0 Å². The van der Waals surface area contributed by atoms with Gasteiger partial charge >= 0.3 is 0 Å². The van der Waals surface area contributed by atoms with Gasteiger partial charge in [-0.3, -0.25) is 4.98 Å². The highest BCUT2D eigenvalue weighted by Crippen LogP contribution is 2.27. The SMILES string of the molecule is C.CC1CCC(C)CC1.CC1CCC(C)OC1.CC1COC(C)OC1.Cc1cc(F)c(C)c(F)c1.Cc1ccc(C)c(F)c1.Cc1ccc(C)cc1.Cc1ccc(C)nc1.Cc1cnc(C)nc1. The first-order chi connectivity index (χ1) is 31.5. The van der Waals surface area contributed by atoms with Crippen LogP contribution in [0.15, 0.2) is 85.3 Å². The van der Waals surface area contributed by atoms with Crippen molar-refractivity contribution < 1.29 is 27.4 Å². The van der Waals surface area contributed by atoms with Crippen molar-refractivity contribution in [1.82, 2.24) is 15.0 Å². The lowest BCUT2D eigenvalue weighted by atomic mass is 9.84. The molecule has 9 heteroatoms. The van der Waals surface area contributed by atoms with Crippen molar-refractivity contribution in [3.8, 4) is 0 Å². The van der Waals surface area contributed by atoms with E-state index in [1.807, 2.05) is 72.3 Å². The lowest BCUT2D eigenvalue weighted by Gasteiger charge is -2.24. The van der Waals surface area contributed by atoms with E-state index in [-0.39, 0.29) is 25.1 Å². The van der Waals surface area contributed by atoms with E-state index in [0.717, 1.165) is 60.2 Å². The Bertz CT molecular complexity index is 1750. The standard InChI is InChI=1S/C8H8F2.C8H9F.C8H16.C8H10.C7H9N.C7H14O.C6H8N2.C6H12O2.CH4/c1-5-3-7(9)6(2)8(10)4-5;1-6-3-4-7(2)8(9)5-6;2*1-7-3-5-8(2)6-4-7;2*1-6-3-4-7(2)8-5-6;2*1-5-3-7-6(2)8-4-5;/h3-4H,1-2H3;3-5H,1-2H3;7-8H,3-6H2,1-2H3;3-6H,1-2H3;3-5H,1-2H3;6-7H,3-5H2,1-2H3;3-4H,1-2H3;5-6H,3-4H2,1-2H3;1H4. The van der Waals surface area contributed by atoms with Crippen LogP contribution in [0.5, 0.6) is 0 Å². The summed E-state index contributed by atoms with van der Waals surface area (Å²) in [7, 11) is 0. The summed E-state index contributed by atoms with van der Waals surface area (Å²) in [5.74, 6) is 3.18. The second-order valence-electron chi connectivity index (χ2n) is 19.1. The maximum Gasteiger partial charge on any atom is 0.154 e. The van der Waals surface area contributed by atoms with Gasteiger partial charge in [-0.1, -0.05) is 114 Å². The number of nitrogens with zero attached hydrogens (tertiary/aromatic N) is 3. The van der Waals surface area contributed by atoms with Gasteiger partial charge in [-0.15, -0.1) is 0 Å². The Balaban J connectivity index is 0.000000754. The van der Waals surface area contributed by atoms with Crippen LogP contribution >= 0.6 is 0 Å².